The number of aliphatic carboxylic acids is 1. The maximum absolute atomic E-state index is 11.0. The van der Waals surface area contributed by atoms with Crippen LogP contribution in [0, 0.1) is 5.92 Å². The van der Waals surface area contributed by atoms with Gasteiger partial charge in [0.25, 0.3) is 0 Å². The molecule has 0 radical (unpaired) electrons. The number of aryl methyl sites for hydroxylation is 1. The summed E-state index contributed by atoms with van der Waals surface area (Å²) in [4.78, 5) is 18.5. The number of aromatic nitrogens is 4. The maximum atomic E-state index is 11.0. The summed E-state index contributed by atoms with van der Waals surface area (Å²) in [7, 11) is 0. The molecule has 1 N–H and O–H groups in total. The Morgan fingerprint density at radius 1 is 1.36 bits per heavy atom. The second-order valence-corrected chi connectivity index (χ2v) is 9.13. The Morgan fingerprint density at radius 2 is 2.20 bits per heavy atom. The first-order valence-electron chi connectivity index (χ1n) is 8.65. The van der Waals surface area contributed by atoms with Gasteiger partial charge < -0.3 is 5.11 Å². The van der Waals surface area contributed by atoms with Gasteiger partial charge >= 0.3 is 5.97 Å². The van der Waals surface area contributed by atoms with Gasteiger partial charge in [-0.1, -0.05) is 18.7 Å². The second-order valence-electron chi connectivity index (χ2n) is 7.10. The van der Waals surface area contributed by atoms with Crippen LogP contribution in [0.2, 0.25) is 0 Å². The lowest BCUT2D eigenvalue weighted by molar-refractivity contribution is -0.133. The van der Waals surface area contributed by atoms with E-state index < -0.39 is 5.97 Å². The fourth-order valence-electron chi connectivity index (χ4n) is 3.67. The summed E-state index contributed by atoms with van der Waals surface area (Å²) >= 11 is 3.04. The molecule has 2 aliphatic carbocycles. The van der Waals surface area contributed by atoms with Gasteiger partial charge in [-0.3, -0.25) is 9.20 Å². The average molecular weight is 374 g/mol. The summed E-state index contributed by atoms with van der Waals surface area (Å²) in [5, 5.41) is 19.6. The zero-order chi connectivity index (χ0) is 17.1. The van der Waals surface area contributed by atoms with Gasteiger partial charge in [0.05, 0.1) is 11.1 Å². The van der Waals surface area contributed by atoms with Crippen LogP contribution in [0.5, 0.6) is 0 Å². The van der Waals surface area contributed by atoms with Gasteiger partial charge in [-0.25, -0.2) is 4.98 Å². The fourth-order valence-corrected chi connectivity index (χ4v) is 5.72. The molecule has 3 aromatic rings. The number of hydrogen-bond donors (Lipinski definition) is 1. The van der Waals surface area contributed by atoms with Crippen molar-refractivity contribution < 1.29 is 9.90 Å². The number of carboxylic acids is 1. The lowest BCUT2D eigenvalue weighted by Crippen LogP contribution is -2.09. The Labute approximate surface area is 152 Å². The normalized spacial score (nSPS) is 20.3. The lowest BCUT2D eigenvalue weighted by Gasteiger charge is -2.17. The Hall–Kier alpha value is -1.67. The summed E-state index contributed by atoms with van der Waals surface area (Å²) in [5.41, 5.74) is 2.26. The predicted octanol–water partition coefficient (Wildman–Crippen LogP) is 3.52. The standard InChI is InChI=1S/C17H18N4O2S2/c1-8-2-5-10-11(6-8)25-16-13(10)15-19-20-17(24-7-12(22)23)21(15)14(18-16)9-3-4-9/h8-9H,2-7H2,1H3,(H,22,23). The quantitative estimate of drug-likeness (QED) is 0.704. The molecule has 3 aromatic heterocycles. The molecule has 8 heteroatoms. The van der Waals surface area contributed by atoms with E-state index in [-0.39, 0.29) is 5.75 Å². The van der Waals surface area contributed by atoms with Crippen LogP contribution >= 0.6 is 23.1 Å². The van der Waals surface area contributed by atoms with Gasteiger partial charge in [0, 0.05) is 10.8 Å². The van der Waals surface area contributed by atoms with Gasteiger partial charge in [-0.05, 0) is 43.6 Å². The van der Waals surface area contributed by atoms with Gasteiger partial charge in [-0.15, -0.1) is 21.5 Å². The Morgan fingerprint density at radius 3 is 2.96 bits per heavy atom. The summed E-state index contributed by atoms with van der Waals surface area (Å²) in [6.07, 6.45) is 5.66. The van der Waals surface area contributed by atoms with Crippen molar-refractivity contribution in [2.24, 2.45) is 5.92 Å². The van der Waals surface area contributed by atoms with Crippen LogP contribution in [0.25, 0.3) is 15.9 Å². The zero-order valence-corrected chi connectivity index (χ0v) is 15.5. The smallest absolute Gasteiger partial charge is 0.313 e. The van der Waals surface area contributed by atoms with E-state index in [0.717, 1.165) is 53.3 Å². The Bertz CT molecular complexity index is 1010. The molecule has 130 valence electrons. The van der Waals surface area contributed by atoms with E-state index in [1.165, 1.54) is 28.6 Å². The van der Waals surface area contributed by atoms with Gasteiger partial charge in [0.1, 0.15) is 10.7 Å². The van der Waals surface area contributed by atoms with Crippen LogP contribution in [0.15, 0.2) is 5.16 Å². The Balaban J connectivity index is 1.75. The van der Waals surface area contributed by atoms with E-state index in [9.17, 15) is 4.79 Å². The molecule has 0 spiro atoms. The monoisotopic (exact) mass is 374 g/mol. The van der Waals surface area contributed by atoms with Crippen LogP contribution < -0.4 is 0 Å². The third-order valence-corrected chi connectivity index (χ3v) is 7.12. The highest BCUT2D eigenvalue weighted by atomic mass is 32.2. The van der Waals surface area contributed by atoms with Crippen LogP contribution in [0.3, 0.4) is 0 Å². The number of carbonyl (C=O) groups is 1. The molecule has 6 nitrogen and oxygen atoms in total. The summed E-state index contributed by atoms with van der Waals surface area (Å²) < 4.78 is 2.03. The molecule has 25 heavy (non-hydrogen) atoms. The molecular formula is C17H18N4O2S2. The third-order valence-electron chi connectivity index (χ3n) is 5.06. The van der Waals surface area contributed by atoms with Crippen molar-refractivity contribution in [1.82, 2.24) is 19.6 Å². The number of thiophene rings is 1. The summed E-state index contributed by atoms with van der Waals surface area (Å²) in [6.45, 7) is 2.31. The number of rotatable bonds is 4. The van der Waals surface area contributed by atoms with E-state index in [4.69, 9.17) is 10.1 Å². The average Bonchev–Trinajstić information content (AvgIpc) is 3.23. The zero-order valence-electron chi connectivity index (χ0n) is 13.9. The van der Waals surface area contributed by atoms with Crippen molar-refractivity contribution in [2.75, 3.05) is 5.75 Å². The minimum Gasteiger partial charge on any atom is -0.481 e. The summed E-state index contributed by atoms with van der Waals surface area (Å²) in [5.74, 6) is 1.32. The molecule has 5 rings (SSSR count). The highest BCUT2D eigenvalue weighted by molar-refractivity contribution is 7.99. The maximum Gasteiger partial charge on any atom is 0.313 e. The van der Waals surface area contributed by atoms with E-state index in [2.05, 4.69) is 17.1 Å². The Kier molecular flexibility index (Phi) is 3.53. The van der Waals surface area contributed by atoms with E-state index in [0.29, 0.717) is 11.1 Å². The fraction of sp³-hybridized carbons (Fsp3) is 0.529. The van der Waals surface area contributed by atoms with Crippen molar-refractivity contribution in [2.45, 2.75) is 50.1 Å². The van der Waals surface area contributed by atoms with E-state index in [1.54, 1.807) is 0 Å². The van der Waals surface area contributed by atoms with Crippen molar-refractivity contribution in [3.05, 3.63) is 16.3 Å². The number of carboxylic acid groups (broad SMARTS) is 1. The lowest BCUT2D eigenvalue weighted by atomic mass is 9.89. The molecular weight excluding hydrogens is 356 g/mol. The molecule has 0 saturated heterocycles. The predicted molar refractivity (Wildman–Crippen MR) is 97.7 cm³/mol. The highest BCUT2D eigenvalue weighted by Crippen LogP contribution is 2.44. The third kappa shape index (κ3) is 2.54. The number of hydrogen-bond acceptors (Lipinski definition) is 6. The minimum atomic E-state index is -0.842. The molecule has 1 atom stereocenters. The van der Waals surface area contributed by atoms with E-state index in [1.807, 2.05) is 15.7 Å². The molecule has 0 aromatic carbocycles. The minimum absolute atomic E-state index is 0.0117. The van der Waals surface area contributed by atoms with Gasteiger partial charge in [0.2, 0.25) is 0 Å². The van der Waals surface area contributed by atoms with Crippen LogP contribution in [0.1, 0.15) is 48.4 Å². The van der Waals surface area contributed by atoms with Gasteiger partial charge in [0.15, 0.2) is 10.8 Å². The first-order valence-corrected chi connectivity index (χ1v) is 10.5. The molecule has 1 fully saturated rings. The number of fused-ring (bicyclic) bond motifs is 5. The highest BCUT2D eigenvalue weighted by Gasteiger charge is 2.32. The van der Waals surface area contributed by atoms with Crippen molar-refractivity contribution in [3.8, 4) is 0 Å². The first kappa shape index (κ1) is 15.6. The molecule has 0 aliphatic heterocycles. The largest absolute Gasteiger partial charge is 0.481 e. The van der Waals surface area contributed by atoms with Gasteiger partial charge in [-0.2, -0.15) is 0 Å². The van der Waals surface area contributed by atoms with E-state index >= 15 is 0 Å². The molecule has 1 saturated carbocycles. The first-order chi connectivity index (χ1) is 12.1. The van der Waals surface area contributed by atoms with Crippen LogP contribution in [0.4, 0.5) is 0 Å². The van der Waals surface area contributed by atoms with Crippen molar-refractivity contribution >= 4 is 44.9 Å². The second kappa shape index (κ2) is 5.67. The summed E-state index contributed by atoms with van der Waals surface area (Å²) in [6, 6.07) is 0. The van der Waals surface area contributed by atoms with Crippen LogP contribution in [-0.2, 0) is 17.6 Å². The molecule has 1 unspecified atom stereocenters. The topological polar surface area (TPSA) is 80.4 Å². The van der Waals surface area contributed by atoms with Crippen molar-refractivity contribution in [1.29, 1.82) is 0 Å². The SMILES string of the molecule is CC1CCc2c(sc3nc(C4CC4)n4c(SCC(=O)O)nnc4c23)C1. The van der Waals surface area contributed by atoms with Crippen LogP contribution in [-0.4, -0.2) is 36.4 Å². The molecule has 2 aliphatic rings. The molecule has 0 bridgehead atoms. The molecule has 3 heterocycles. The molecule has 0 amide bonds. The number of nitrogens with zero attached hydrogens (tertiary/aromatic N) is 4. The van der Waals surface area contributed by atoms with Crippen molar-refractivity contribution in [3.63, 3.8) is 0 Å². The number of thioether (sulfide) groups is 1.